The minimum absolute atomic E-state index is 0.591. The summed E-state index contributed by atoms with van der Waals surface area (Å²) in [7, 11) is 1.79. The summed E-state index contributed by atoms with van der Waals surface area (Å²) in [5.41, 5.74) is 1.24. The average molecular weight is 305 g/mol. The van der Waals surface area contributed by atoms with Gasteiger partial charge in [0, 0.05) is 39.3 Å². The van der Waals surface area contributed by atoms with Crippen LogP contribution in [0.2, 0.25) is 0 Å². The predicted octanol–water partition coefficient (Wildman–Crippen LogP) is 1.79. The van der Waals surface area contributed by atoms with Crippen LogP contribution < -0.4 is 10.6 Å². The lowest BCUT2D eigenvalue weighted by atomic mass is 10.1. The van der Waals surface area contributed by atoms with E-state index in [-0.39, 0.29) is 0 Å². The van der Waals surface area contributed by atoms with E-state index in [2.05, 4.69) is 27.8 Å². The van der Waals surface area contributed by atoms with Gasteiger partial charge in [0.05, 0.1) is 13.2 Å². The van der Waals surface area contributed by atoms with Gasteiger partial charge >= 0.3 is 0 Å². The van der Waals surface area contributed by atoms with Crippen molar-refractivity contribution in [3.63, 3.8) is 0 Å². The molecule has 122 valence electrons. The van der Waals surface area contributed by atoms with Gasteiger partial charge in [-0.05, 0) is 18.4 Å². The van der Waals surface area contributed by atoms with E-state index in [9.17, 15) is 0 Å². The van der Waals surface area contributed by atoms with Crippen molar-refractivity contribution in [1.29, 1.82) is 0 Å². The zero-order valence-corrected chi connectivity index (χ0v) is 13.4. The number of nitrogens with one attached hydrogen (secondary N) is 2. The molecule has 1 aromatic carbocycles. The largest absolute Gasteiger partial charge is 0.381 e. The van der Waals surface area contributed by atoms with Crippen LogP contribution in [0.3, 0.4) is 0 Å². The third kappa shape index (κ3) is 6.45. The van der Waals surface area contributed by atoms with E-state index in [1.165, 1.54) is 5.56 Å². The van der Waals surface area contributed by atoms with Crippen molar-refractivity contribution < 1.29 is 9.47 Å². The van der Waals surface area contributed by atoms with E-state index in [1.54, 1.807) is 7.05 Å². The van der Waals surface area contributed by atoms with Crippen molar-refractivity contribution in [2.75, 3.05) is 40.0 Å². The van der Waals surface area contributed by atoms with Gasteiger partial charge in [0.1, 0.15) is 0 Å². The maximum Gasteiger partial charge on any atom is 0.191 e. The first-order valence-corrected chi connectivity index (χ1v) is 8.02. The lowest BCUT2D eigenvalue weighted by Crippen LogP contribution is -2.37. The van der Waals surface area contributed by atoms with Crippen LogP contribution in [0.5, 0.6) is 0 Å². The Morgan fingerprint density at radius 3 is 2.91 bits per heavy atom. The first kappa shape index (κ1) is 16.8. The molecule has 2 rings (SSSR count). The molecule has 1 heterocycles. The van der Waals surface area contributed by atoms with Crippen molar-refractivity contribution in [2.24, 2.45) is 10.9 Å². The van der Waals surface area contributed by atoms with E-state index < -0.39 is 0 Å². The van der Waals surface area contributed by atoms with E-state index >= 15 is 0 Å². The standard InChI is InChI=1S/C17H27N3O2/c1-18-17(20-12-15-6-3-2-4-7-15)19-9-5-10-21-13-16-8-11-22-14-16/h2-4,6-7,16H,5,8-14H2,1H3,(H2,18,19,20). The van der Waals surface area contributed by atoms with Crippen molar-refractivity contribution in [3.05, 3.63) is 35.9 Å². The predicted molar refractivity (Wildman–Crippen MR) is 89.0 cm³/mol. The molecule has 1 aromatic rings. The Morgan fingerprint density at radius 1 is 1.32 bits per heavy atom. The Labute approximate surface area is 133 Å². The highest BCUT2D eigenvalue weighted by Gasteiger charge is 2.15. The number of guanidine groups is 1. The van der Waals surface area contributed by atoms with E-state index in [4.69, 9.17) is 9.47 Å². The first-order chi connectivity index (χ1) is 10.9. The molecule has 1 atom stereocenters. The maximum absolute atomic E-state index is 5.68. The molecular formula is C17H27N3O2. The molecule has 0 radical (unpaired) electrons. The molecule has 1 aliphatic heterocycles. The van der Waals surface area contributed by atoms with Gasteiger partial charge in [-0.1, -0.05) is 30.3 Å². The molecular weight excluding hydrogens is 278 g/mol. The fourth-order valence-corrected chi connectivity index (χ4v) is 2.35. The van der Waals surface area contributed by atoms with Crippen molar-refractivity contribution in [3.8, 4) is 0 Å². The molecule has 2 N–H and O–H groups in total. The number of nitrogens with zero attached hydrogens (tertiary/aromatic N) is 1. The van der Waals surface area contributed by atoms with Crippen LogP contribution in [0.4, 0.5) is 0 Å². The lowest BCUT2D eigenvalue weighted by Gasteiger charge is -2.12. The Hall–Kier alpha value is -1.59. The third-order valence-corrected chi connectivity index (χ3v) is 3.66. The quantitative estimate of drug-likeness (QED) is 0.437. The van der Waals surface area contributed by atoms with Crippen molar-refractivity contribution in [1.82, 2.24) is 10.6 Å². The molecule has 1 fully saturated rings. The molecule has 0 aromatic heterocycles. The van der Waals surface area contributed by atoms with Gasteiger partial charge in [0.15, 0.2) is 5.96 Å². The summed E-state index contributed by atoms with van der Waals surface area (Å²) in [6, 6.07) is 10.3. The van der Waals surface area contributed by atoms with Crippen LogP contribution >= 0.6 is 0 Å². The third-order valence-electron chi connectivity index (χ3n) is 3.66. The smallest absolute Gasteiger partial charge is 0.191 e. The fraction of sp³-hybridized carbons (Fsp3) is 0.588. The number of hydrogen-bond donors (Lipinski definition) is 2. The van der Waals surface area contributed by atoms with Crippen LogP contribution in [0, 0.1) is 5.92 Å². The highest BCUT2D eigenvalue weighted by molar-refractivity contribution is 5.79. The maximum atomic E-state index is 5.68. The number of rotatable bonds is 8. The number of aliphatic imine (C=N–C) groups is 1. The van der Waals surface area contributed by atoms with E-state index in [0.29, 0.717) is 5.92 Å². The van der Waals surface area contributed by atoms with Crippen molar-refractivity contribution >= 4 is 5.96 Å². The highest BCUT2D eigenvalue weighted by Crippen LogP contribution is 2.12. The van der Waals surface area contributed by atoms with E-state index in [1.807, 2.05) is 18.2 Å². The second kappa shape index (κ2) is 10.2. The molecule has 1 saturated heterocycles. The minimum Gasteiger partial charge on any atom is -0.381 e. The van der Waals surface area contributed by atoms with Gasteiger partial charge in [-0.25, -0.2) is 0 Å². The normalized spacial score (nSPS) is 18.4. The second-order valence-corrected chi connectivity index (χ2v) is 5.50. The molecule has 0 aliphatic carbocycles. The summed E-state index contributed by atoms with van der Waals surface area (Å²) in [5, 5.41) is 6.61. The van der Waals surface area contributed by atoms with Crippen LogP contribution in [0.25, 0.3) is 0 Å². The molecule has 0 spiro atoms. The summed E-state index contributed by atoms with van der Waals surface area (Å²) in [6.07, 6.45) is 2.11. The fourth-order valence-electron chi connectivity index (χ4n) is 2.35. The molecule has 0 saturated carbocycles. The van der Waals surface area contributed by atoms with Crippen molar-refractivity contribution in [2.45, 2.75) is 19.4 Å². The summed E-state index contributed by atoms with van der Waals surface area (Å²) in [4.78, 5) is 4.22. The Bertz CT molecular complexity index is 431. The highest BCUT2D eigenvalue weighted by atomic mass is 16.5. The Balaban J connectivity index is 1.51. The molecule has 5 nitrogen and oxygen atoms in total. The number of benzene rings is 1. The van der Waals surface area contributed by atoms with Crippen LogP contribution in [-0.4, -0.2) is 46.0 Å². The molecule has 0 bridgehead atoms. The van der Waals surface area contributed by atoms with Gasteiger partial charge in [0.2, 0.25) is 0 Å². The number of ether oxygens (including phenoxy) is 2. The Kier molecular flexibility index (Phi) is 7.77. The monoisotopic (exact) mass is 305 g/mol. The Morgan fingerprint density at radius 2 is 2.18 bits per heavy atom. The summed E-state index contributed by atoms with van der Waals surface area (Å²) >= 11 is 0. The summed E-state index contributed by atoms with van der Waals surface area (Å²) in [5.74, 6) is 1.42. The summed E-state index contributed by atoms with van der Waals surface area (Å²) < 4.78 is 11.0. The molecule has 1 aliphatic rings. The van der Waals surface area contributed by atoms with Crippen LogP contribution in [-0.2, 0) is 16.0 Å². The SMILES string of the molecule is CN=C(NCCCOCC1CCOC1)NCc1ccccc1. The van der Waals surface area contributed by atoms with E-state index in [0.717, 1.165) is 58.3 Å². The van der Waals surface area contributed by atoms with Crippen LogP contribution in [0.1, 0.15) is 18.4 Å². The first-order valence-electron chi connectivity index (χ1n) is 8.02. The molecule has 22 heavy (non-hydrogen) atoms. The van der Waals surface area contributed by atoms with Gasteiger partial charge in [-0.3, -0.25) is 4.99 Å². The molecule has 0 amide bonds. The van der Waals surface area contributed by atoms with Gasteiger partial charge in [-0.15, -0.1) is 0 Å². The second-order valence-electron chi connectivity index (χ2n) is 5.50. The molecule has 5 heteroatoms. The topological polar surface area (TPSA) is 54.9 Å². The number of hydrogen-bond acceptors (Lipinski definition) is 3. The van der Waals surface area contributed by atoms with Gasteiger partial charge < -0.3 is 20.1 Å². The zero-order valence-electron chi connectivity index (χ0n) is 13.4. The van der Waals surface area contributed by atoms with Crippen LogP contribution in [0.15, 0.2) is 35.3 Å². The van der Waals surface area contributed by atoms with Gasteiger partial charge in [0.25, 0.3) is 0 Å². The van der Waals surface area contributed by atoms with Gasteiger partial charge in [-0.2, -0.15) is 0 Å². The minimum atomic E-state index is 0.591. The zero-order chi connectivity index (χ0) is 15.5. The lowest BCUT2D eigenvalue weighted by molar-refractivity contribution is 0.0888. The average Bonchev–Trinajstić information content (AvgIpc) is 3.08. The summed E-state index contributed by atoms with van der Waals surface area (Å²) in [6.45, 7) is 4.97. The molecule has 1 unspecified atom stereocenters.